The first-order valence-electron chi connectivity index (χ1n) is 10.0. The summed E-state index contributed by atoms with van der Waals surface area (Å²) in [6.07, 6.45) is 2.51. The van der Waals surface area contributed by atoms with Crippen molar-refractivity contribution in [3.8, 4) is 5.75 Å². The van der Waals surface area contributed by atoms with Crippen molar-refractivity contribution in [3.63, 3.8) is 0 Å². The maximum absolute atomic E-state index is 13.0. The lowest BCUT2D eigenvalue weighted by Gasteiger charge is -2.22. The van der Waals surface area contributed by atoms with E-state index in [2.05, 4.69) is 10.6 Å². The van der Waals surface area contributed by atoms with Crippen molar-refractivity contribution in [2.45, 2.75) is 45.4 Å². The molecule has 0 aliphatic rings. The molecule has 0 bridgehead atoms. The fourth-order valence-corrected chi connectivity index (χ4v) is 3.91. The van der Waals surface area contributed by atoms with Gasteiger partial charge in [0.25, 0.3) is 5.91 Å². The second-order valence-electron chi connectivity index (χ2n) is 7.40. The van der Waals surface area contributed by atoms with Crippen LogP contribution in [0.15, 0.2) is 42.5 Å². The van der Waals surface area contributed by atoms with E-state index in [1.54, 1.807) is 23.9 Å². The maximum Gasteiger partial charge on any atom is 0.253 e. The van der Waals surface area contributed by atoms with Crippen LogP contribution in [0, 0.1) is 0 Å². The lowest BCUT2D eigenvalue weighted by molar-refractivity contribution is -0.123. The summed E-state index contributed by atoms with van der Waals surface area (Å²) >= 11 is 13.7. The molecule has 31 heavy (non-hydrogen) atoms. The van der Waals surface area contributed by atoms with E-state index in [0.29, 0.717) is 11.4 Å². The second-order valence-corrected chi connectivity index (χ2v) is 9.23. The van der Waals surface area contributed by atoms with Crippen molar-refractivity contribution in [2.75, 3.05) is 12.0 Å². The van der Waals surface area contributed by atoms with E-state index in [-0.39, 0.29) is 28.6 Å². The number of carbonyl (C=O) groups excluding carboxylic acids is 2. The van der Waals surface area contributed by atoms with Crippen LogP contribution in [0.1, 0.15) is 49.2 Å². The highest BCUT2D eigenvalue weighted by atomic mass is 35.5. The van der Waals surface area contributed by atoms with Crippen molar-refractivity contribution < 1.29 is 14.3 Å². The molecule has 0 saturated heterocycles. The molecule has 0 radical (unpaired) electrons. The Hall–Kier alpha value is -1.89. The summed E-state index contributed by atoms with van der Waals surface area (Å²) in [5, 5.41) is 6.48. The molecule has 2 unspecified atom stereocenters. The van der Waals surface area contributed by atoms with Crippen LogP contribution in [-0.2, 0) is 4.79 Å². The monoisotopic (exact) mass is 482 g/mol. The number of ether oxygens (including phenoxy) is 1. The highest BCUT2D eigenvalue weighted by molar-refractivity contribution is 7.98. The minimum absolute atomic E-state index is 0.0611. The highest BCUT2D eigenvalue weighted by Gasteiger charge is 2.24. The summed E-state index contributed by atoms with van der Waals surface area (Å²) in [6, 6.07) is 11.3. The van der Waals surface area contributed by atoms with E-state index < -0.39 is 11.9 Å². The second kappa shape index (κ2) is 12.2. The number of carbonyl (C=O) groups is 2. The van der Waals surface area contributed by atoms with Gasteiger partial charge in [-0.2, -0.15) is 11.8 Å². The van der Waals surface area contributed by atoms with Crippen molar-refractivity contribution in [3.05, 3.63) is 63.6 Å². The molecule has 2 aromatic rings. The molecule has 8 heteroatoms. The third-order valence-corrected chi connectivity index (χ3v) is 5.69. The van der Waals surface area contributed by atoms with Crippen LogP contribution in [-0.4, -0.2) is 36.0 Å². The van der Waals surface area contributed by atoms with Gasteiger partial charge in [0, 0.05) is 5.02 Å². The molecule has 0 aliphatic carbocycles. The largest absolute Gasteiger partial charge is 0.491 e. The predicted octanol–water partition coefficient (Wildman–Crippen LogP) is 5.51. The van der Waals surface area contributed by atoms with Gasteiger partial charge >= 0.3 is 0 Å². The molecule has 168 valence electrons. The lowest BCUT2D eigenvalue weighted by atomic mass is 10.1. The van der Waals surface area contributed by atoms with Crippen LogP contribution in [0.2, 0.25) is 10.0 Å². The Labute approximate surface area is 198 Å². The summed E-state index contributed by atoms with van der Waals surface area (Å²) in [5.74, 6) is 0.801. The number of hydrogen-bond donors (Lipinski definition) is 2. The van der Waals surface area contributed by atoms with E-state index >= 15 is 0 Å². The molecule has 0 saturated carbocycles. The van der Waals surface area contributed by atoms with Gasteiger partial charge in [-0.05, 0) is 75.1 Å². The number of benzene rings is 2. The maximum atomic E-state index is 13.0. The molecule has 2 rings (SSSR count). The van der Waals surface area contributed by atoms with Crippen LogP contribution in [0.4, 0.5) is 0 Å². The van der Waals surface area contributed by atoms with Crippen molar-refractivity contribution in [1.82, 2.24) is 10.6 Å². The average molecular weight is 483 g/mol. The number of hydrogen-bond acceptors (Lipinski definition) is 4. The lowest BCUT2D eigenvalue weighted by Crippen LogP contribution is -2.47. The van der Waals surface area contributed by atoms with E-state index in [4.69, 9.17) is 27.9 Å². The van der Waals surface area contributed by atoms with Crippen molar-refractivity contribution in [1.29, 1.82) is 0 Å². The zero-order valence-corrected chi connectivity index (χ0v) is 20.4. The van der Waals surface area contributed by atoms with Gasteiger partial charge in [-0.15, -0.1) is 0 Å². The first-order valence-corrected chi connectivity index (χ1v) is 12.2. The molecule has 2 atom stereocenters. The topological polar surface area (TPSA) is 67.4 Å². The summed E-state index contributed by atoms with van der Waals surface area (Å²) in [5.41, 5.74) is 1.20. The minimum atomic E-state index is -0.691. The highest BCUT2D eigenvalue weighted by Crippen LogP contribution is 2.22. The molecule has 2 N–H and O–H groups in total. The Kier molecular flexibility index (Phi) is 10.0. The van der Waals surface area contributed by atoms with Crippen LogP contribution < -0.4 is 15.4 Å². The van der Waals surface area contributed by atoms with Crippen LogP contribution in [0.25, 0.3) is 0 Å². The van der Waals surface area contributed by atoms with Crippen molar-refractivity contribution in [2.24, 2.45) is 0 Å². The SMILES string of the molecule is CSCCC(NC(=O)c1ccc(Cl)cc1Cl)C(=O)NC(C)c1cccc(OC(C)C)c1. The van der Waals surface area contributed by atoms with E-state index in [1.165, 1.54) is 6.07 Å². The number of amides is 2. The molecule has 0 fully saturated rings. The van der Waals surface area contributed by atoms with Gasteiger partial charge in [-0.25, -0.2) is 0 Å². The standard InChI is InChI=1S/C23H28Cl2N2O3S/c1-14(2)30-18-7-5-6-16(12-18)15(3)26-23(29)21(10-11-31-4)27-22(28)19-9-8-17(24)13-20(19)25/h5-9,12-15,21H,10-11H2,1-4H3,(H,26,29)(H,27,28). The molecule has 2 aromatic carbocycles. The minimum Gasteiger partial charge on any atom is -0.491 e. The number of thioether (sulfide) groups is 1. The third kappa shape index (κ3) is 7.95. The number of rotatable bonds is 10. The molecule has 0 aliphatic heterocycles. The van der Waals surface area contributed by atoms with E-state index in [0.717, 1.165) is 17.1 Å². The zero-order valence-electron chi connectivity index (χ0n) is 18.1. The zero-order chi connectivity index (χ0) is 23.0. The normalized spacial score (nSPS) is 12.9. The molecule has 0 heterocycles. The predicted molar refractivity (Wildman–Crippen MR) is 129 cm³/mol. The number of halogens is 2. The summed E-state index contributed by atoms with van der Waals surface area (Å²) < 4.78 is 5.74. The first kappa shape index (κ1) is 25.4. The van der Waals surface area contributed by atoms with Gasteiger partial charge < -0.3 is 15.4 Å². The van der Waals surface area contributed by atoms with Crippen LogP contribution in [0.3, 0.4) is 0 Å². The Morgan fingerprint density at radius 2 is 1.81 bits per heavy atom. The first-order chi connectivity index (χ1) is 14.7. The molecule has 5 nitrogen and oxygen atoms in total. The van der Waals surface area contributed by atoms with Gasteiger partial charge in [-0.3, -0.25) is 9.59 Å². The Morgan fingerprint density at radius 3 is 2.45 bits per heavy atom. The fraction of sp³-hybridized carbons (Fsp3) is 0.391. The molecule has 0 spiro atoms. The molecule has 0 aromatic heterocycles. The Bertz CT molecular complexity index is 908. The Balaban J connectivity index is 2.10. The molecular weight excluding hydrogens is 455 g/mol. The van der Waals surface area contributed by atoms with Gasteiger partial charge in [0.1, 0.15) is 11.8 Å². The van der Waals surface area contributed by atoms with Crippen molar-refractivity contribution >= 4 is 46.8 Å². The van der Waals surface area contributed by atoms with Gasteiger partial charge in [0.05, 0.1) is 22.7 Å². The van der Waals surface area contributed by atoms with Gasteiger partial charge in [-0.1, -0.05) is 35.3 Å². The summed E-state index contributed by atoms with van der Waals surface area (Å²) in [7, 11) is 0. The third-order valence-electron chi connectivity index (χ3n) is 4.50. The van der Waals surface area contributed by atoms with Crippen LogP contribution in [0.5, 0.6) is 5.75 Å². The molecule has 2 amide bonds. The quantitative estimate of drug-likeness (QED) is 0.468. The fourth-order valence-electron chi connectivity index (χ4n) is 2.94. The van der Waals surface area contributed by atoms with E-state index in [1.807, 2.05) is 51.3 Å². The summed E-state index contributed by atoms with van der Waals surface area (Å²) in [4.78, 5) is 25.7. The van der Waals surface area contributed by atoms with Crippen LogP contribution >= 0.6 is 35.0 Å². The number of nitrogens with one attached hydrogen (secondary N) is 2. The smallest absolute Gasteiger partial charge is 0.253 e. The average Bonchev–Trinajstić information content (AvgIpc) is 2.70. The van der Waals surface area contributed by atoms with Gasteiger partial charge in [0.15, 0.2) is 0 Å². The Morgan fingerprint density at radius 1 is 1.06 bits per heavy atom. The summed E-state index contributed by atoms with van der Waals surface area (Å²) in [6.45, 7) is 5.82. The van der Waals surface area contributed by atoms with E-state index in [9.17, 15) is 9.59 Å². The van der Waals surface area contributed by atoms with Gasteiger partial charge in [0.2, 0.25) is 5.91 Å². The molecular formula is C23H28Cl2N2O3S.